The van der Waals surface area contributed by atoms with Gasteiger partial charge in [-0.2, -0.15) is 0 Å². The lowest BCUT2D eigenvalue weighted by Crippen LogP contribution is -2.57. The maximum Gasteiger partial charge on any atom is 0.208 e. The molecule has 1 saturated carbocycles. The number of piperazine rings is 1. The van der Waals surface area contributed by atoms with Crippen molar-refractivity contribution in [2.45, 2.75) is 71.5 Å². The summed E-state index contributed by atoms with van der Waals surface area (Å²) in [6, 6.07) is 1.20. The molecule has 2 heterocycles. The Hall–Kier alpha value is -0.870. The van der Waals surface area contributed by atoms with Gasteiger partial charge < -0.3 is 9.73 Å². The van der Waals surface area contributed by atoms with Crippen molar-refractivity contribution in [1.29, 1.82) is 0 Å². The molecule has 1 aromatic heterocycles. The molecule has 1 aromatic rings. The standard InChI is InChI=1S/C17H29N3O/c1-12-9-18-16(15-7-5-4-6-8-15)10-20(12)11-17-19-13(2)14(3)21-17/h12,15-16,18H,4-11H2,1-3H3. The van der Waals surface area contributed by atoms with Gasteiger partial charge in [-0.25, -0.2) is 4.98 Å². The van der Waals surface area contributed by atoms with E-state index in [1.54, 1.807) is 0 Å². The number of rotatable bonds is 3. The van der Waals surface area contributed by atoms with Crippen molar-refractivity contribution < 1.29 is 4.42 Å². The predicted octanol–water partition coefficient (Wildman–Crippen LogP) is 3.03. The van der Waals surface area contributed by atoms with Crippen LogP contribution in [0.15, 0.2) is 4.42 Å². The monoisotopic (exact) mass is 291 g/mol. The molecule has 0 spiro atoms. The Balaban J connectivity index is 1.62. The third kappa shape index (κ3) is 3.49. The Bertz CT molecular complexity index is 445. The van der Waals surface area contributed by atoms with Crippen LogP contribution in [-0.4, -0.2) is 35.1 Å². The third-order valence-corrected chi connectivity index (χ3v) is 5.36. The van der Waals surface area contributed by atoms with Gasteiger partial charge in [-0.3, -0.25) is 4.90 Å². The van der Waals surface area contributed by atoms with E-state index in [1.807, 2.05) is 13.8 Å². The van der Waals surface area contributed by atoms with Crippen LogP contribution < -0.4 is 5.32 Å². The molecule has 1 aliphatic heterocycles. The second-order valence-electron chi connectivity index (χ2n) is 6.94. The van der Waals surface area contributed by atoms with E-state index in [0.29, 0.717) is 12.1 Å². The Morgan fingerprint density at radius 3 is 2.67 bits per heavy atom. The van der Waals surface area contributed by atoms with Crippen molar-refractivity contribution in [1.82, 2.24) is 15.2 Å². The fourth-order valence-electron chi connectivity index (χ4n) is 3.80. The molecule has 2 unspecified atom stereocenters. The Morgan fingerprint density at radius 1 is 1.24 bits per heavy atom. The predicted molar refractivity (Wildman–Crippen MR) is 84.2 cm³/mol. The highest BCUT2D eigenvalue weighted by Gasteiger charge is 2.31. The first kappa shape index (κ1) is 15.0. The van der Waals surface area contributed by atoms with Gasteiger partial charge in [0.2, 0.25) is 5.89 Å². The van der Waals surface area contributed by atoms with Gasteiger partial charge in [-0.15, -0.1) is 0 Å². The molecule has 2 atom stereocenters. The molecule has 4 heteroatoms. The van der Waals surface area contributed by atoms with E-state index >= 15 is 0 Å². The fourth-order valence-corrected chi connectivity index (χ4v) is 3.80. The number of nitrogens with one attached hydrogen (secondary N) is 1. The zero-order valence-electron chi connectivity index (χ0n) is 13.7. The Morgan fingerprint density at radius 2 is 2.00 bits per heavy atom. The lowest BCUT2D eigenvalue weighted by Gasteiger charge is -2.42. The normalized spacial score (nSPS) is 28.9. The van der Waals surface area contributed by atoms with E-state index in [0.717, 1.165) is 42.9 Å². The highest BCUT2D eigenvalue weighted by atomic mass is 16.4. The molecule has 2 aliphatic rings. The lowest BCUT2D eigenvalue weighted by atomic mass is 9.82. The second-order valence-corrected chi connectivity index (χ2v) is 6.94. The number of hydrogen-bond donors (Lipinski definition) is 1. The van der Waals surface area contributed by atoms with Crippen molar-refractivity contribution in [3.05, 3.63) is 17.3 Å². The van der Waals surface area contributed by atoms with Gasteiger partial charge in [-0.1, -0.05) is 19.3 Å². The number of hydrogen-bond acceptors (Lipinski definition) is 4. The van der Waals surface area contributed by atoms with Crippen molar-refractivity contribution in [2.75, 3.05) is 13.1 Å². The first-order valence-electron chi connectivity index (χ1n) is 8.54. The molecule has 2 fully saturated rings. The smallest absolute Gasteiger partial charge is 0.208 e. The van der Waals surface area contributed by atoms with Crippen molar-refractivity contribution in [3.8, 4) is 0 Å². The minimum Gasteiger partial charge on any atom is -0.444 e. The topological polar surface area (TPSA) is 41.3 Å². The van der Waals surface area contributed by atoms with Crippen LogP contribution in [0, 0.1) is 19.8 Å². The van der Waals surface area contributed by atoms with Gasteiger partial charge >= 0.3 is 0 Å². The maximum absolute atomic E-state index is 5.77. The van der Waals surface area contributed by atoms with E-state index in [4.69, 9.17) is 4.42 Å². The Labute approximate surface area is 128 Å². The van der Waals surface area contributed by atoms with Gasteiger partial charge in [0.15, 0.2) is 0 Å². The molecule has 4 nitrogen and oxygen atoms in total. The van der Waals surface area contributed by atoms with Crippen LogP contribution in [0.5, 0.6) is 0 Å². The summed E-state index contributed by atoms with van der Waals surface area (Å²) in [6.07, 6.45) is 7.06. The van der Waals surface area contributed by atoms with Crippen LogP contribution in [0.3, 0.4) is 0 Å². The number of oxazole rings is 1. The third-order valence-electron chi connectivity index (χ3n) is 5.36. The van der Waals surface area contributed by atoms with E-state index in [9.17, 15) is 0 Å². The Kier molecular flexibility index (Phi) is 4.65. The zero-order valence-corrected chi connectivity index (χ0v) is 13.7. The van der Waals surface area contributed by atoms with E-state index < -0.39 is 0 Å². The van der Waals surface area contributed by atoms with E-state index in [-0.39, 0.29) is 0 Å². The molecule has 0 bridgehead atoms. The van der Waals surface area contributed by atoms with Crippen LogP contribution in [0.2, 0.25) is 0 Å². The minimum atomic E-state index is 0.553. The number of aromatic nitrogens is 1. The molecule has 3 rings (SSSR count). The van der Waals surface area contributed by atoms with Crippen molar-refractivity contribution in [3.63, 3.8) is 0 Å². The molecular formula is C17H29N3O. The average molecular weight is 291 g/mol. The highest BCUT2D eigenvalue weighted by molar-refractivity contribution is 5.05. The highest BCUT2D eigenvalue weighted by Crippen LogP contribution is 2.28. The van der Waals surface area contributed by atoms with Crippen molar-refractivity contribution >= 4 is 0 Å². The largest absolute Gasteiger partial charge is 0.444 e. The summed E-state index contributed by atoms with van der Waals surface area (Å²) in [7, 11) is 0. The van der Waals surface area contributed by atoms with Crippen LogP contribution in [0.4, 0.5) is 0 Å². The van der Waals surface area contributed by atoms with E-state index in [2.05, 4.69) is 22.1 Å². The molecule has 1 aliphatic carbocycles. The average Bonchev–Trinajstić information content (AvgIpc) is 2.80. The molecule has 1 N–H and O–H groups in total. The van der Waals surface area contributed by atoms with Crippen molar-refractivity contribution in [2.24, 2.45) is 5.92 Å². The van der Waals surface area contributed by atoms with Gasteiger partial charge in [0.1, 0.15) is 5.76 Å². The van der Waals surface area contributed by atoms with Crippen LogP contribution in [0.25, 0.3) is 0 Å². The SMILES string of the molecule is Cc1nc(CN2CC(C3CCCCC3)NCC2C)oc1C. The molecule has 21 heavy (non-hydrogen) atoms. The first-order valence-corrected chi connectivity index (χ1v) is 8.54. The summed E-state index contributed by atoms with van der Waals surface area (Å²) in [5.74, 6) is 2.69. The van der Waals surface area contributed by atoms with Crippen LogP contribution in [-0.2, 0) is 6.54 Å². The molecule has 1 saturated heterocycles. The maximum atomic E-state index is 5.77. The summed E-state index contributed by atoms with van der Waals surface area (Å²) in [5, 5.41) is 3.78. The number of aryl methyl sites for hydroxylation is 2. The summed E-state index contributed by atoms with van der Waals surface area (Å²) in [6.45, 7) is 9.38. The molecule has 0 amide bonds. The second kappa shape index (κ2) is 6.49. The molecule has 118 valence electrons. The van der Waals surface area contributed by atoms with Gasteiger partial charge in [0, 0.05) is 25.2 Å². The van der Waals surface area contributed by atoms with Gasteiger partial charge in [0.05, 0.1) is 12.2 Å². The first-order chi connectivity index (χ1) is 10.1. The zero-order chi connectivity index (χ0) is 14.8. The lowest BCUT2D eigenvalue weighted by molar-refractivity contribution is 0.0899. The summed E-state index contributed by atoms with van der Waals surface area (Å²) >= 11 is 0. The van der Waals surface area contributed by atoms with Crippen LogP contribution in [0.1, 0.15) is 56.4 Å². The molecule has 0 radical (unpaired) electrons. The fraction of sp³-hybridized carbons (Fsp3) is 0.824. The summed E-state index contributed by atoms with van der Waals surface area (Å²) < 4.78 is 5.77. The number of nitrogens with zero attached hydrogens (tertiary/aromatic N) is 2. The summed E-state index contributed by atoms with van der Waals surface area (Å²) in [4.78, 5) is 7.09. The van der Waals surface area contributed by atoms with Crippen LogP contribution >= 0.6 is 0 Å². The molecular weight excluding hydrogens is 262 g/mol. The van der Waals surface area contributed by atoms with Gasteiger partial charge in [-0.05, 0) is 39.5 Å². The van der Waals surface area contributed by atoms with Gasteiger partial charge in [0.25, 0.3) is 0 Å². The minimum absolute atomic E-state index is 0.553. The molecule has 0 aromatic carbocycles. The summed E-state index contributed by atoms with van der Waals surface area (Å²) in [5.41, 5.74) is 1.02. The quantitative estimate of drug-likeness (QED) is 0.929. The van der Waals surface area contributed by atoms with E-state index in [1.165, 1.54) is 32.1 Å².